The molecule has 1 saturated heterocycles. The third kappa shape index (κ3) is 3.66. The van der Waals surface area contributed by atoms with Crippen LogP contribution in [0.4, 0.5) is 21.9 Å². The van der Waals surface area contributed by atoms with E-state index in [1.807, 2.05) is 24.3 Å². The lowest BCUT2D eigenvalue weighted by Gasteiger charge is -2.21. The van der Waals surface area contributed by atoms with Gasteiger partial charge in [-0.3, -0.25) is 5.32 Å². The third-order valence-corrected chi connectivity index (χ3v) is 3.74. The predicted octanol–water partition coefficient (Wildman–Crippen LogP) is 4.30. The third-order valence-electron chi connectivity index (χ3n) is 3.74. The Hall–Kier alpha value is -2.89. The zero-order valence-corrected chi connectivity index (χ0v) is 12.6. The Kier molecular flexibility index (Phi) is 4.52. The van der Waals surface area contributed by atoms with Crippen LogP contribution in [0.3, 0.4) is 0 Å². The summed E-state index contributed by atoms with van der Waals surface area (Å²) in [6.07, 6.45) is 1.76. The van der Waals surface area contributed by atoms with Crippen molar-refractivity contribution in [2.45, 2.75) is 12.8 Å². The molecule has 0 atom stereocenters. The van der Waals surface area contributed by atoms with Gasteiger partial charge in [0.2, 0.25) is 0 Å². The number of rotatable bonds is 4. The highest BCUT2D eigenvalue weighted by molar-refractivity contribution is 5.91. The molecule has 0 saturated carbocycles. The van der Waals surface area contributed by atoms with Gasteiger partial charge in [-0.2, -0.15) is 0 Å². The van der Waals surface area contributed by atoms with E-state index in [2.05, 4.69) is 15.4 Å². The molecule has 23 heavy (non-hydrogen) atoms. The second kappa shape index (κ2) is 6.91. The normalized spacial score (nSPS) is 13.7. The topological polar surface area (TPSA) is 71.0 Å². The van der Waals surface area contributed by atoms with Crippen LogP contribution in [0.5, 0.6) is 5.75 Å². The van der Waals surface area contributed by atoms with E-state index in [4.69, 9.17) is 4.74 Å². The summed E-state index contributed by atoms with van der Waals surface area (Å²) in [6.45, 7) is 1.99. The highest BCUT2D eigenvalue weighted by Gasteiger charge is 2.17. The standard InChI is InChI=1S/C17H17N3O3/c21-17(23-14-9-7-13(19-22)8-10-14)18-15-5-1-2-6-16(15)20-11-3-4-12-20/h1-2,5-10H,3-4,11-12H2,(H,18,21). The summed E-state index contributed by atoms with van der Waals surface area (Å²) in [6, 6.07) is 13.7. The second-order valence-corrected chi connectivity index (χ2v) is 5.31. The Morgan fingerprint density at radius 2 is 1.74 bits per heavy atom. The molecule has 1 fully saturated rings. The van der Waals surface area contributed by atoms with Crippen molar-refractivity contribution in [1.82, 2.24) is 0 Å². The number of nitroso groups, excluding NO2 is 1. The zero-order chi connectivity index (χ0) is 16.1. The molecule has 0 aliphatic carbocycles. The van der Waals surface area contributed by atoms with Gasteiger partial charge < -0.3 is 9.64 Å². The van der Waals surface area contributed by atoms with Crippen molar-refractivity contribution in [2.24, 2.45) is 5.18 Å². The summed E-state index contributed by atoms with van der Waals surface area (Å²) in [4.78, 5) is 24.7. The first-order chi connectivity index (χ1) is 11.3. The fraction of sp³-hybridized carbons (Fsp3) is 0.235. The second-order valence-electron chi connectivity index (χ2n) is 5.31. The number of hydrogen-bond donors (Lipinski definition) is 1. The van der Waals surface area contributed by atoms with Crippen molar-refractivity contribution in [3.05, 3.63) is 53.4 Å². The molecule has 1 N–H and O–H groups in total. The van der Waals surface area contributed by atoms with Crippen LogP contribution < -0.4 is 15.0 Å². The number of para-hydroxylation sites is 2. The monoisotopic (exact) mass is 311 g/mol. The number of nitrogens with zero attached hydrogens (tertiary/aromatic N) is 2. The molecule has 2 aromatic rings. The number of carbonyl (C=O) groups is 1. The van der Waals surface area contributed by atoms with E-state index in [9.17, 15) is 9.70 Å². The fourth-order valence-corrected chi connectivity index (χ4v) is 2.63. The lowest BCUT2D eigenvalue weighted by atomic mass is 10.2. The largest absolute Gasteiger partial charge is 0.417 e. The van der Waals surface area contributed by atoms with Gasteiger partial charge in [0, 0.05) is 13.1 Å². The fourth-order valence-electron chi connectivity index (χ4n) is 2.63. The maximum Gasteiger partial charge on any atom is 0.417 e. The lowest BCUT2D eigenvalue weighted by Crippen LogP contribution is -2.22. The summed E-state index contributed by atoms with van der Waals surface area (Å²) < 4.78 is 5.22. The summed E-state index contributed by atoms with van der Waals surface area (Å²) in [5.74, 6) is 0.355. The van der Waals surface area contributed by atoms with E-state index in [1.165, 1.54) is 24.3 Å². The number of hydrogen-bond acceptors (Lipinski definition) is 5. The van der Waals surface area contributed by atoms with Gasteiger partial charge in [-0.05, 0) is 54.4 Å². The van der Waals surface area contributed by atoms with Gasteiger partial charge in [-0.1, -0.05) is 12.1 Å². The predicted molar refractivity (Wildman–Crippen MR) is 89.4 cm³/mol. The van der Waals surface area contributed by atoms with Gasteiger partial charge in [0.25, 0.3) is 0 Å². The van der Waals surface area contributed by atoms with Gasteiger partial charge in [-0.25, -0.2) is 4.79 Å². The SMILES string of the molecule is O=Nc1ccc(OC(=O)Nc2ccccc2N2CCCC2)cc1. The average molecular weight is 311 g/mol. The van der Waals surface area contributed by atoms with Gasteiger partial charge in [0.1, 0.15) is 11.4 Å². The molecular formula is C17H17N3O3. The first-order valence-corrected chi connectivity index (χ1v) is 7.52. The molecule has 6 heteroatoms. The first-order valence-electron chi connectivity index (χ1n) is 7.52. The molecule has 1 aliphatic rings. The van der Waals surface area contributed by atoms with Crippen molar-refractivity contribution in [3.63, 3.8) is 0 Å². The minimum absolute atomic E-state index is 0.289. The molecule has 0 aromatic heterocycles. The van der Waals surface area contributed by atoms with Crippen LogP contribution in [-0.2, 0) is 0 Å². The van der Waals surface area contributed by atoms with E-state index in [0.717, 1.165) is 37.3 Å². The Balaban J connectivity index is 1.68. The number of benzene rings is 2. The zero-order valence-electron chi connectivity index (χ0n) is 12.6. The average Bonchev–Trinajstić information content (AvgIpc) is 3.10. The first kappa shape index (κ1) is 15.0. The van der Waals surface area contributed by atoms with Crippen LogP contribution in [0.1, 0.15) is 12.8 Å². The smallest absolute Gasteiger partial charge is 0.410 e. The molecule has 1 amide bonds. The van der Waals surface area contributed by atoms with Crippen molar-refractivity contribution in [2.75, 3.05) is 23.3 Å². The van der Waals surface area contributed by atoms with Crippen molar-refractivity contribution < 1.29 is 9.53 Å². The van der Waals surface area contributed by atoms with Crippen LogP contribution in [0.15, 0.2) is 53.7 Å². The molecule has 1 heterocycles. The molecule has 0 unspecified atom stereocenters. The Labute approximate surface area is 134 Å². The maximum atomic E-state index is 12.1. The molecule has 0 spiro atoms. The summed E-state index contributed by atoms with van der Waals surface area (Å²) in [7, 11) is 0. The van der Waals surface area contributed by atoms with Crippen molar-refractivity contribution in [1.29, 1.82) is 0 Å². The summed E-state index contributed by atoms with van der Waals surface area (Å²) in [5, 5.41) is 5.58. The van der Waals surface area contributed by atoms with Crippen LogP contribution in [-0.4, -0.2) is 19.2 Å². The molecule has 3 rings (SSSR count). The molecule has 118 valence electrons. The van der Waals surface area contributed by atoms with E-state index >= 15 is 0 Å². The molecular weight excluding hydrogens is 294 g/mol. The highest BCUT2D eigenvalue weighted by Crippen LogP contribution is 2.29. The summed E-state index contributed by atoms with van der Waals surface area (Å²) in [5.41, 5.74) is 2.02. The van der Waals surface area contributed by atoms with Gasteiger partial charge >= 0.3 is 6.09 Å². The van der Waals surface area contributed by atoms with Crippen LogP contribution in [0.25, 0.3) is 0 Å². The van der Waals surface area contributed by atoms with E-state index in [1.54, 1.807) is 0 Å². The molecule has 0 bridgehead atoms. The van der Waals surface area contributed by atoms with Crippen LogP contribution in [0.2, 0.25) is 0 Å². The maximum absolute atomic E-state index is 12.1. The molecule has 6 nitrogen and oxygen atoms in total. The number of nitrogens with one attached hydrogen (secondary N) is 1. The number of amides is 1. The Morgan fingerprint density at radius 1 is 1.04 bits per heavy atom. The molecule has 2 aromatic carbocycles. The van der Waals surface area contributed by atoms with Crippen molar-refractivity contribution >= 4 is 23.2 Å². The summed E-state index contributed by atoms with van der Waals surface area (Å²) >= 11 is 0. The molecule has 1 aliphatic heterocycles. The Bertz CT molecular complexity index is 694. The van der Waals surface area contributed by atoms with Gasteiger partial charge in [0.15, 0.2) is 0 Å². The van der Waals surface area contributed by atoms with E-state index < -0.39 is 6.09 Å². The number of anilines is 2. The lowest BCUT2D eigenvalue weighted by molar-refractivity contribution is 0.215. The number of ether oxygens (including phenoxy) is 1. The minimum Gasteiger partial charge on any atom is -0.410 e. The van der Waals surface area contributed by atoms with E-state index in [-0.39, 0.29) is 5.69 Å². The number of carbonyl (C=O) groups excluding carboxylic acids is 1. The molecule has 0 radical (unpaired) electrons. The van der Waals surface area contributed by atoms with E-state index in [0.29, 0.717) is 5.75 Å². The quantitative estimate of drug-likeness (QED) is 0.855. The highest BCUT2D eigenvalue weighted by atomic mass is 16.6. The van der Waals surface area contributed by atoms with Crippen molar-refractivity contribution in [3.8, 4) is 5.75 Å². The Morgan fingerprint density at radius 3 is 2.43 bits per heavy atom. The minimum atomic E-state index is -0.566. The van der Waals surface area contributed by atoms with Gasteiger partial charge in [0.05, 0.1) is 11.4 Å². The van der Waals surface area contributed by atoms with Gasteiger partial charge in [-0.15, -0.1) is 4.91 Å². The van der Waals surface area contributed by atoms with Crippen LogP contribution >= 0.6 is 0 Å². The van der Waals surface area contributed by atoms with Crippen LogP contribution in [0, 0.1) is 4.91 Å².